The SMILES string of the molecule is C[C@]12CCC(=O)C=C1CC[C@@H]1[C@H]2CC[C@]2(C)C(C(=O)Nc3ccc(F)cc3)CC[C@@H]12. The fourth-order valence-electron chi connectivity index (χ4n) is 7.75. The fraction of sp³-hybridized carbons (Fsp3) is 0.615. The summed E-state index contributed by atoms with van der Waals surface area (Å²) in [4.78, 5) is 25.2. The lowest BCUT2D eigenvalue weighted by molar-refractivity contribution is -0.127. The monoisotopic (exact) mass is 409 g/mol. The van der Waals surface area contributed by atoms with E-state index in [1.54, 1.807) is 12.1 Å². The predicted molar refractivity (Wildman–Crippen MR) is 115 cm³/mol. The molecule has 4 aliphatic carbocycles. The number of hydrogen-bond acceptors (Lipinski definition) is 2. The highest BCUT2D eigenvalue weighted by molar-refractivity contribution is 5.93. The van der Waals surface area contributed by atoms with Gasteiger partial charge in [-0.1, -0.05) is 19.4 Å². The third-order valence-electron chi connectivity index (χ3n) is 9.39. The van der Waals surface area contributed by atoms with Crippen molar-refractivity contribution in [1.29, 1.82) is 0 Å². The first kappa shape index (κ1) is 20.0. The molecule has 1 amide bonds. The standard InChI is InChI=1S/C26H32FNO2/c1-25-13-11-19(29)15-16(25)3-8-20-21-9-10-23(26(21,2)14-12-22(20)25)24(30)28-18-6-4-17(27)5-7-18/h4-7,15,20-23H,3,8-14H2,1-2H3,(H,28,30)/t20-,21-,22+,23?,25-,26-/m0/s1. The van der Waals surface area contributed by atoms with E-state index in [9.17, 15) is 14.0 Å². The lowest BCUT2D eigenvalue weighted by atomic mass is 9.47. The summed E-state index contributed by atoms with van der Waals surface area (Å²) < 4.78 is 13.2. The Kier molecular flexibility index (Phi) is 4.68. The summed E-state index contributed by atoms with van der Waals surface area (Å²) in [6.45, 7) is 4.74. The van der Waals surface area contributed by atoms with Crippen LogP contribution in [0.25, 0.3) is 0 Å². The first-order valence-electron chi connectivity index (χ1n) is 11.6. The van der Waals surface area contributed by atoms with Crippen LogP contribution in [0.1, 0.15) is 65.2 Å². The van der Waals surface area contributed by atoms with Crippen molar-refractivity contribution in [3.8, 4) is 0 Å². The molecule has 160 valence electrons. The molecule has 5 rings (SSSR count). The quantitative estimate of drug-likeness (QED) is 0.660. The highest BCUT2D eigenvalue weighted by atomic mass is 19.1. The number of rotatable bonds is 2. The Bertz CT molecular complexity index is 906. The summed E-state index contributed by atoms with van der Waals surface area (Å²) in [6, 6.07) is 6.06. The van der Waals surface area contributed by atoms with Crippen molar-refractivity contribution in [1.82, 2.24) is 0 Å². The topological polar surface area (TPSA) is 46.2 Å². The largest absolute Gasteiger partial charge is 0.326 e. The average Bonchev–Trinajstić information content (AvgIpc) is 3.07. The average molecular weight is 410 g/mol. The van der Waals surface area contributed by atoms with Gasteiger partial charge in [-0.25, -0.2) is 4.39 Å². The number of hydrogen-bond donors (Lipinski definition) is 1. The van der Waals surface area contributed by atoms with Gasteiger partial charge in [0.15, 0.2) is 5.78 Å². The van der Waals surface area contributed by atoms with Gasteiger partial charge >= 0.3 is 0 Å². The van der Waals surface area contributed by atoms with Gasteiger partial charge < -0.3 is 5.32 Å². The maximum Gasteiger partial charge on any atom is 0.228 e. The van der Waals surface area contributed by atoms with Crippen molar-refractivity contribution in [3.05, 3.63) is 41.7 Å². The van der Waals surface area contributed by atoms with Crippen LogP contribution >= 0.6 is 0 Å². The number of nitrogens with one attached hydrogen (secondary N) is 1. The molecule has 0 radical (unpaired) electrons. The van der Waals surface area contributed by atoms with Crippen molar-refractivity contribution in [2.45, 2.75) is 65.2 Å². The van der Waals surface area contributed by atoms with Gasteiger partial charge in [0.2, 0.25) is 5.91 Å². The van der Waals surface area contributed by atoms with Crippen LogP contribution in [-0.4, -0.2) is 11.7 Å². The summed E-state index contributed by atoms with van der Waals surface area (Å²) in [5.74, 6) is 2.01. The molecule has 0 bridgehead atoms. The van der Waals surface area contributed by atoms with Gasteiger partial charge in [-0.2, -0.15) is 0 Å². The van der Waals surface area contributed by atoms with Crippen LogP contribution in [0.5, 0.6) is 0 Å². The summed E-state index contributed by atoms with van der Waals surface area (Å²) in [5, 5.41) is 3.05. The molecule has 6 atom stereocenters. The van der Waals surface area contributed by atoms with Gasteiger partial charge in [-0.3, -0.25) is 9.59 Å². The minimum Gasteiger partial charge on any atom is -0.326 e. The molecule has 1 unspecified atom stereocenters. The van der Waals surface area contributed by atoms with E-state index in [4.69, 9.17) is 0 Å². The highest BCUT2D eigenvalue weighted by Crippen LogP contribution is 2.66. The molecule has 1 aromatic rings. The second kappa shape index (κ2) is 7.03. The van der Waals surface area contributed by atoms with Crippen LogP contribution in [0.2, 0.25) is 0 Å². The Morgan fingerprint density at radius 1 is 1.00 bits per heavy atom. The summed E-state index contributed by atoms with van der Waals surface area (Å²) in [7, 11) is 0. The third-order valence-corrected chi connectivity index (χ3v) is 9.39. The number of fused-ring (bicyclic) bond motifs is 5. The van der Waals surface area contributed by atoms with E-state index in [0.29, 0.717) is 35.6 Å². The van der Waals surface area contributed by atoms with E-state index < -0.39 is 0 Å². The molecule has 0 aliphatic heterocycles. The Morgan fingerprint density at radius 2 is 1.77 bits per heavy atom. The second-order valence-corrected chi connectivity index (χ2v) is 10.6. The van der Waals surface area contributed by atoms with Gasteiger partial charge in [-0.05, 0) is 104 Å². The van der Waals surface area contributed by atoms with E-state index in [1.807, 2.05) is 6.08 Å². The third kappa shape index (κ3) is 2.98. The van der Waals surface area contributed by atoms with Crippen LogP contribution in [0.3, 0.4) is 0 Å². The first-order valence-corrected chi connectivity index (χ1v) is 11.6. The second-order valence-electron chi connectivity index (χ2n) is 10.6. The van der Waals surface area contributed by atoms with Gasteiger partial charge in [0.05, 0.1) is 0 Å². The van der Waals surface area contributed by atoms with Crippen LogP contribution in [0.4, 0.5) is 10.1 Å². The van der Waals surface area contributed by atoms with Gasteiger partial charge in [-0.15, -0.1) is 0 Å². The Morgan fingerprint density at radius 3 is 2.53 bits per heavy atom. The molecule has 30 heavy (non-hydrogen) atoms. The molecular formula is C26H32FNO2. The zero-order valence-corrected chi connectivity index (χ0v) is 18.0. The fourth-order valence-corrected chi connectivity index (χ4v) is 7.75. The Balaban J connectivity index is 1.36. The minimum atomic E-state index is -0.289. The van der Waals surface area contributed by atoms with Crippen LogP contribution in [0.15, 0.2) is 35.9 Å². The number of amides is 1. The van der Waals surface area contributed by atoms with Crippen LogP contribution in [0, 0.1) is 40.3 Å². The Hall–Kier alpha value is -1.97. The van der Waals surface area contributed by atoms with Crippen molar-refractivity contribution < 1.29 is 14.0 Å². The minimum absolute atomic E-state index is 0.0196. The summed E-state index contributed by atoms with van der Waals surface area (Å²) in [6.07, 6.45) is 10.1. The molecule has 0 saturated heterocycles. The van der Waals surface area contributed by atoms with E-state index in [1.165, 1.54) is 17.7 Å². The predicted octanol–water partition coefficient (Wildman–Crippen LogP) is 5.91. The smallest absolute Gasteiger partial charge is 0.228 e. The van der Waals surface area contributed by atoms with E-state index in [2.05, 4.69) is 19.2 Å². The number of carbonyl (C=O) groups excluding carboxylic acids is 2. The molecule has 0 aromatic heterocycles. The van der Waals surface area contributed by atoms with Gasteiger partial charge in [0.1, 0.15) is 5.82 Å². The van der Waals surface area contributed by atoms with Crippen molar-refractivity contribution in [2.75, 3.05) is 5.32 Å². The van der Waals surface area contributed by atoms with Gasteiger partial charge in [0.25, 0.3) is 0 Å². The number of benzene rings is 1. The number of halogens is 1. The van der Waals surface area contributed by atoms with E-state index >= 15 is 0 Å². The summed E-state index contributed by atoms with van der Waals surface area (Å²) in [5.41, 5.74) is 2.28. The maximum absolute atomic E-state index is 13.2. The highest BCUT2D eigenvalue weighted by Gasteiger charge is 2.60. The number of allylic oxidation sites excluding steroid dienone is 1. The van der Waals surface area contributed by atoms with Crippen LogP contribution in [-0.2, 0) is 9.59 Å². The molecule has 0 spiro atoms. The molecule has 4 heteroatoms. The maximum atomic E-state index is 13.2. The molecule has 3 nitrogen and oxygen atoms in total. The molecule has 3 fully saturated rings. The number of anilines is 1. The zero-order chi connectivity index (χ0) is 21.1. The van der Waals surface area contributed by atoms with Crippen LogP contribution < -0.4 is 5.32 Å². The zero-order valence-electron chi connectivity index (χ0n) is 18.0. The molecule has 4 aliphatic rings. The molecule has 3 saturated carbocycles. The molecular weight excluding hydrogens is 377 g/mol. The number of ketones is 1. The van der Waals surface area contributed by atoms with Crippen molar-refractivity contribution in [2.24, 2.45) is 34.5 Å². The molecule has 1 N–H and O–H groups in total. The van der Waals surface area contributed by atoms with Crippen molar-refractivity contribution >= 4 is 17.4 Å². The lowest BCUT2D eigenvalue weighted by Crippen LogP contribution is -2.51. The van der Waals surface area contributed by atoms with E-state index in [-0.39, 0.29) is 28.5 Å². The van der Waals surface area contributed by atoms with Gasteiger partial charge in [0, 0.05) is 18.0 Å². The first-order chi connectivity index (χ1) is 14.3. The molecule has 0 heterocycles. The number of carbonyl (C=O) groups is 2. The lowest BCUT2D eigenvalue weighted by Gasteiger charge is -2.58. The summed E-state index contributed by atoms with van der Waals surface area (Å²) >= 11 is 0. The van der Waals surface area contributed by atoms with E-state index in [0.717, 1.165) is 44.9 Å². The molecule has 1 aromatic carbocycles. The normalized spacial score (nSPS) is 40.1. The Labute approximate surface area is 178 Å². The van der Waals surface area contributed by atoms with Crippen molar-refractivity contribution in [3.63, 3.8) is 0 Å².